The standard InChI is InChI=1S/C18H19N3O2/c1-23-17-4-2-3-16-15(17)8-12-21(16)13-18(22)20-11-7-14-5-9-19-10-6-14/h2-6,8-10,12H,7,11,13H2,1H3,(H,20,22). The van der Waals surface area contributed by atoms with Crippen LogP contribution in [0.3, 0.4) is 0 Å². The molecule has 2 heterocycles. The van der Waals surface area contributed by atoms with Gasteiger partial charge in [0, 0.05) is 30.5 Å². The fraction of sp³-hybridized carbons (Fsp3) is 0.222. The van der Waals surface area contributed by atoms with E-state index in [1.54, 1.807) is 19.5 Å². The summed E-state index contributed by atoms with van der Waals surface area (Å²) < 4.78 is 7.27. The van der Waals surface area contributed by atoms with Crippen LogP contribution in [0.4, 0.5) is 0 Å². The van der Waals surface area contributed by atoms with Gasteiger partial charge in [0.1, 0.15) is 12.3 Å². The molecule has 0 fully saturated rings. The molecule has 0 atom stereocenters. The maximum atomic E-state index is 12.1. The fourth-order valence-corrected chi connectivity index (χ4v) is 2.62. The number of benzene rings is 1. The summed E-state index contributed by atoms with van der Waals surface area (Å²) in [6.45, 7) is 0.915. The minimum atomic E-state index is -0.000578. The van der Waals surface area contributed by atoms with Crippen LogP contribution in [0.1, 0.15) is 5.56 Å². The third-order valence-corrected chi connectivity index (χ3v) is 3.79. The van der Waals surface area contributed by atoms with E-state index in [9.17, 15) is 4.79 Å². The lowest BCUT2D eigenvalue weighted by Gasteiger charge is -2.08. The summed E-state index contributed by atoms with van der Waals surface area (Å²) in [4.78, 5) is 16.1. The Morgan fingerprint density at radius 1 is 1.22 bits per heavy atom. The Labute approximate surface area is 134 Å². The van der Waals surface area contributed by atoms with E-state index >= 15 is 0 Å². The van der Waals surface area contributed by atoms with E-state index in [0.717, 1.165) is 28.6 Å². The number of hydrogen-bond acceptors (Lipinski definition) is 3. The summed E-state index contributed by atoms with van der Waals surface area (Å²) in [5.41, 5.74) is 2.16. The van der Waals surface area contributed by atoms with Crippen molar-refractivity contribution in [2.45, 2.75) is 13.0 Å². The largest absolute Gasteiger partial charge is 0.496 e. The molecule has 0 bridgehead atoms. The van der Waals surface area contributed by atoms with E-state index < -0.39 is 0 Å². The average molecular weight is 309 g/mol. The van der Waals surface area contributed by atoms with Gasteiger partial charge in [-0.05, 0) is 42.3 Å². The zero-order valence-corrected chi connectivity index (χ0v) is 13.0. The van der Waals surface area contributed by atoms with Gasteiger partial charge in [-0.25, -0.2) is 0 Å². The molecule has 0 radical (unpaired) electrons. The molecule has 0 aliphatic carbocycles. The summed E-state index contributed by atoms with van der Waals surface area (Å²) in [6, 6.07) is 11.7. The number of hydrogen-bond donors (Lipinski definition) is 1. The first-order chi connectivity index (χ1) is 11.3. The molecular weight excluding hydrogens is 290 g/mol. The molecule has 5 nitrogen and oxygen atoms in total. The second-order valence-electron chi connectivity index (χ2n) is 5.29. The maximum Gasteiger partial charge on any atom is 0.239 e. The molecule has 0 unspecified atom stereocenters. The van der Waals surface area contributed by atoms with Crippen molar-refractivity contribution in [3.05, 3.63) is 60.6 Å². The predicted octanol–water partition coefficient (Wildman–Crippen LogP) is 2.40. The van der Waals surface area contributed by atoms with Crippen molar-refractivity contribution in [1.82, 2.24) is 14.9 Å². The zero-order valence-electron chi connectivity index (χ0n) is 13.0. The highest BCUT2D eigenvalue weighted by Crippen LogP contribution is 2.26. The zero-order chi connectivity index (χ0) is 16.1. The summed E-state index contributed by atoms with van der Waals surface area (Å²) in [6.07, 6.45) is 6.23. The number of carbonyl (C=O) groups excluding carboxylic acids is 1. The van der Waals surface area contributed by atoms with Gasteiger partial charge in [-0.15, -0.1) is 0 Å². The molecule has 118 valence electrons. The van der Waals surface area contributed by atoms with Crippen molar-refractivity contribution in [2.75, 3.05) is 13.7 Å². The Hall–Kier alpha value is -2.82. The minimum Gasteiger partial charge on any atom is -0.496 e. The van der Waals surface area contributed by atoms with Crippen molar-refractivity contribution < 1.29 is 9.53 Å². The van der Waals surface area contributed by atoms with Crippen LogP contribution in [0.5, 0.6) is 5.75 Å². The Balaban J connectivity index is 1.60. The summed E-state index contributed by atoms with van der Waals surface area (Å²) in [5.74, 6) is 0.818. The molecule has 23 heavy (non-hydrogen) atoms. The Morgan fingerprint density at radius 2 is 2.04 bits per heavy atom. The summed E-state index contributed by atoms with van der Waals surface area (Å²) in [7, 11) is 1.65. The second kappa shape index (κ2) is 6.96. The molecule has 3 rings (SSSR count). The number of fused-ring (bicyclic) bond motifs is 1. The molecule has 0 aliphatic heterocycles. The van der Waals surface area contributed by atoms with Crippen molar-refractivity contribution in [2.24, 2.45) is 0 Å². The number of amides is 1. The van der Waals surface area contributed by atoms with Crippen LogP contribution in [0.2, 0.25) is 0 Å². The third kappa shape index (κ3) is 3.51. The first-order valence-electron chi connectivity index (χ1n) is 7.55. The molecule has 5 heteroatoms. The normalized spacial score (nSPS) is 10.7. The van der Waals surface area contributed by atoms with Crippen LogP contribution < -0.4 is 10.1 Å². The molecule has 0 aliphatic rings. The molecular formula is C18H19N3O2. The van der Waals surface area contributed by atoms with Gasteiger partial charge >= 0.3 is 0 Å². The lowest BCUT2D eigenvalue weighted by Crippen LogP contribution is -2.29. The van der Waals surface area contributed by atoms with E-state index in [2.05, 4.69) is 10.3 Å². The Bertz CT molecular complexity index is 796. The third-order valence-electron chi connectivity index (χ3n) is 3.79. The molecule has 2 aromatic heterocycles. The van der Waals surface area contributed by atoms with Gasteiger partial charge in [-0.2, -0.15) is 0 Å². The fourth-order valence-electron chi connectivity index (χ4n) is 2.62. The van der Waals surface area contributed by atoms with Crippen molar-refractivity contribution in [3.8, 4) is 5.75 Å². The molecule has 0 saturated carbocycles. The van der Waals surface area contributed by atoms with Gasteiger partial charge in [0.25, 0.3) is 0 Å². The highest BCUT2D eigenvalue weighted by atomic mass is 16.5. The first kappa shape index (κ1) is 15.1. The van der Waals surface area contributed by atoms with Crippen LogP contribution in [-0.4, -0.2) is 29.1 Å². The number of rotatable bonds is 6. The van der Waals surface area contributed by atoms with Crippen molar-refractivity contribution >= 4 is 16.8 Å². The number of pyridine rings is 1. The van der Waals surface area contributed by atoms with Gasteiger partial charge in [-0.1, -0.05) is 6.07 Å². The summed E-state index contributed by atoms with van der Waals surface area (Å²) >= 11 is 0. The van der Waals surface area contributed by atoms with Crippen LogP contribution in [0.15, 0.2) is 55.0 Å². The van der Waals surface area contributed by atoms with E-state index in [1.807, 2.05) is 47.2 Å². The van der Waals surface area contributed by atoms with Crippen LogP contribution >= 0.6 is 0 Å². The lowest BCUT2D eigenvalue weighted by atomic mass is 10.2. The molecule has 3 aromatic rings. The van der Waals surface area contributed by atoms with Gasteiger partial charge in [0.05, 0.1) is 12.6 Å². The molecule has 1 amide bonds. The highest BCUT2D eigenvalue weighted by molar-refractivity contribution is 5.88. The van der Waals surface area contributed by atoms with Gasteiger partial charge < -0.3 is 14.6 Å². The Morgan fingerprint density at radius 3 is 2.83 bits per heavy atom. The van der Waals surface area contributed by atoms with E-state index in [4.69, 9.17) is 4.74 Å². The van der Waals surface area contributed by atoms with Gasteiger partial charge in [0.2, 0.25) is 5.91 Å². The first-order valence-corrected chi connectivity index (χ1v) is 7.55. The second-order valence-corrected chi connectivity index (χ2v) is 5.29. The van der Waals surface area contributed by atoms with Gasteiger partial charge in [0.15, 0.2) is 0 Å². The van der Waals surface area contributed by atoms with Crippen molar-refractivity contribution in [1.29, 1.82) is 0 Å². The minimum absolute atomic E-state index is 0.000578. The molecule has 0 spiro atoms. The monoisotopic (exact) mass is 309 g/mol. The quantitative estimate of drug-likeness (QED) is 0.761. The van der Waals surface area contributed by atoms with Crippen molar-refractivity contribution in [3.63, 3.8) is 0 Å². The number of methoxy groups -OCH3 is 1. The van der Waals surface area contributed by atoms with Crippen LogP contribution in [0, 0.1) is 0 Å². The number of carbonyl (C=O) groups is 1. The molecule has 1 N–H and O–H groups in total. The molecule has 0 saturated heterocycles. The Kier molecular flexibility index (Phi) is 4.57. The number of nitrogens with one attached hydrogen (secondary N) is 1. The SMILES string of the molecule is COc1cccc2c1ccn2CC(=O)NCCc1ccncc1. The molecule has 1 aromatic carbocycles. The predicted molar refractivity (Wildman–Crippen MR) is 89.4 cm³/mol. The van der Waals surface area contributed by atoms with Gasteiger partial charge in [-0.3, -0.25) is 9.78 Å². The average Bonchev–Trinajstić information content (AvgIpc) is 2.99. The van der Waals surface area contributed by atoms with Crippen LogP contribution in [0.25, 0.3) is 10.9 Å². The number of nitrogens with zero attached hydrogens (tertiary/aromatic N) is 2. The smallest absolute Gasteiger partial charge is 0.239 e. The number of aromatic nitrogens is 2. The van der Waals surface area contributed by atoms with Crippen LogP contribution in [-0.2, 0) is 17.8 Å². The highest BCUT2D eigenvalue weighted by Gasteiger charge is 2.08. The van der Waals surface area contributed by atoms with E-state index in [1.165, 1.54) is 0 Å². The topological polar surface area (TPSA) is 56.1 Å². The van der Waals surface area contributed by atoms with E-state index in [0.29, 0.717) is 13.1 Å². The lowest BCUT2D eigenvalue weighted by molar-refractivity contribution is -0.121. The summed E-state index contributed by atoms with van der Waals surface area (Å²) in [5, 5.41) is 3.96. The maximum absolute atomic E-state index is 12.1. The number of ether oxygens (including phenoxy) is 1. The van der Waals surface area contributed by atoms with E-state index in [-0.39, 0.29) is 5.91 Å².